The lowest BCUT2D eigenvalue weighted by Crippen LogP contribution is -2.07. The highest BCUT2D eigenvalue weighted by Crippen LogP contribution is 2.06. The first-order valence-corrected chi connectivity index (χ1v) is 8.03. The Morgan fingerprint density at radius 1 is 0.870 bits per heavy atom. The largest absolute Gasteiger partial charge is 0.466 e. The number of ether oxygens (including phenoxy) is 2. The van der Waals surface area contributed by atoms with E-state index in [2.05, 4.69) is 0 Å². The minimum atomic E-state index is -0.341. The molecule has 0 amide bonds. The van der Waals surface area contributed by atoms with E-state index >= 15 is 0 Å². The van der Waals surface area contributed by atoms with Crippen molar-refractivity contribution in [3.63, 3.8) is 0 Å². The molecule has 0 unspecified atom stereocenters. The predicted molar refractivity (Wildman–Crippen MR) is 86.1 cm³/mol. The first kappa shape index (κ1) is 18.9. The molecule has 0 spiro atoms. The quantitative estimate of drug-likeness (QED) is 0.462. The van der Waals surface area contributed by atoms with Crippen molar-refractivity contribution >= 4 is 17.7 Å². The Morgan fingerprint density at radius 3 is 2.26 bits per heavy atom. The average molecular weight is 320 g/mol. The highest BCUT2D eigenvalue weighted by molar-refractivity contribution is 5.89. The van der Waals surface area contributed by atoms with E-state index in [0.717, 1.165) is 0 Å². The number of benzene rings is 1. The van der Waals surface area contributed by atoms with Crippen LogP contribution in [0.5, 0.6) is 0 Å². The number of esters is 2. The molecule has 0 N–H and O–H groups in total. The SMILES string of the molecule is CCOC(=O)CCCC(=O)CCCCOC(=O)c1ccccc1. The van der Waals surface area contributed by atoms with Crippen LogP contribution >= 0.6 is 0 Å². The van der Waals surface area contributed by atoms with Gasteiger partial charge in [0.25, 0.3) is 0 Å². The van der Waals surface area contributed by atoms with E-state index < -0.39 is 0 Å². The molecule has 0 aliphatic heterocycles. The zero-order valence-corrected chi connectivity index (χ0v) is 13.6. The molecule has 0 aromatic heterocycles. The summed E-state index contributed by atoms with van der Waals surface area (Å²) in [5.41, 5.74) is 0.530. The molecule has 0 aliphatic rings. The van der Waals surface area contributed by atoms with Gasteiger partial charge in [-0.25, -0.2) is 4.79 Å². The van der Waals surface area contributed by atoms with Crippen LogP contribution in [0.1, 0.15) is 55.8 Å². The Labute approximate surface area is 137 Å². The van der Waals surface area contributed by atoms with Gasteiger partial charge in [-0.2, -0.15) is 0 Å². The molecule has 0 radical (unpaired) electrons. The van der Waals surface area contributed by atoms with Crippen LogP contribution in [0.4, 0.5) is 0 Å². The minimum absolute atomic E-state index is 0.128. The summed E-state index contributed by atoms with van der Waals surface area (Å²) in [6, 6.07) is 8.81. The van der Waals surface area contributed by atoms with E-state index in [4.69, 9.17) is 9.47 Å². The number of ketones is 1. The van der Waals surface area contributed by atoms with Gasteiger partial charge in [0.1, 0.15) is 5.78 Å². The average Bonchev–Trinajstić information content (AvgIpc) is 2.55. The Morgan fingerprint density at radius 2 is 1.57 bits per heavy atom. The van der Waals surface area contributed by atoms with Gasteiger partial charge < -0.3 is 9.47 Å². The second-order valence-corrected chi connectivity index (χ2v) is 5.16. The predicted octanol–water partition coefficient (Wildman–Crippen LogP) is 3.32. The number of carbonyl (C=O) groups is 3. The van der Waals surface area contributed by atoms with Crippen LogP contribution in [-0.2, 0) is 19.1 Å². The molecule has 5 nitrogen and oxygen atoms in total. The van der Waals surface area contributed by atoms with Crippen molar-refractivity contribution in [3.8, 4) is 0 Å². The molecule has 1 rings (SSSR count). The fourth-order valence-electron chi connectivity index (χ4n) is 2.03. The maximum Gasteiger partial charge on any atom is 0.338 e. The maximum absolute atomic E-state index is 11.7. The topological polar surface area (TPSA) is 69.7 Å². The van der Waals surface area contributed by atoms with Crippen LogP contribution in [0.15, 0.2) is 30.3 Å². The molecule has 1 aromatic rings. The van der Waals surface area contributed by atoms with E-state index in [-0.39, 0.29) is 24.1 Å². The second-order valence-electron chi connectivity index (χ2n) is 5.16. The highest BCUT2D eigenvalue weighted by atomic mass is 16.5. The first-order valence-electron chi connectivity index (χ1n) is 8.03. The number of hydrogen-bond donors (Lipinski definition) is 0. The van der Waals surface area contributed by atoms with Gasteiger partial charge in [0.15, 0.2) is 0 Å². The van der Waals surface area contributed by atoms with Crippen LogP contribution in [0.3, 0.4) is 0 Å². The third-order valence-corrected chi connectivity index (χ3v) is 3.23. The summed E-state index contributed by atoms with van der Waals surface area (Å²) in [7, 11) is 0. The van der Waals surface area contributed by atoms with E-state index in [1.54, 1.807) is 31.2 Å². The zero-order chi connectivity index (χ0) is 16.9. The van der Waals surface area contributed by atoms with E-state index in [0.29, 0.717) is 50.9 Å². The van der Waals surface area contributed by atoms with Crippen molar-refractivity contribution < 1.29 is 23.9 Å². The van der Waals surface area contributed by atoms with Crippen LogP contribution in [0, 0.1) is 0 Å². The molecule has 0 saturated heterocycles. The van der Waals surface area contributed by atoms with Gasteiger partial charge >= 0.3 is 11.9 Å². The van der Waals surface area contributed by atoms with Crippen molar-refractivity contribution in [1.82, 2.24) is 0 Å². The molecule has 0 aliphatic carbocycles. The Hall–Kier alpha value is -2.17. The number of hydrogen-bond acceptors (Lipinski definition) is 5. The van der Waals surface area contributed by atoms with Gasteiger partial charge in [0.05, 0.1) is 18.8 Å². The van der Waals surface area contributed by atoms with Gasteiger partial charge in [0.2, 0.25) is 0 Å². The monoisotopic (exact) mass is 320 g/mol. The number of rotatable bonds is 11. The standard InChI is InChI=1S/C18H24O5/c1-2-22-17(20)13-8-12-16(19)11-6-7-14-23-18(21)15-9-4-3-5-10-15/h3-5,9-10H,2,6-8,11-14H2,1H3. The first-order chi connectivity index (χ1) is 11.1. The Bertz CT molecular complexity index is 495. The summed E-state index contributed by atoms with van der Waals surface area (Å²) in [4.78, 5) is 34.4. The lowest BCUT2D eigenvalue weighted by Gasteiger charge is -2.05. The van der Waals surface area contributed by atoms with Crippen molar-refractivity contribution in [1.29, 1.82) is 0 Å². The molecule has 0 heterocycles. The molecule has 1 aromatic carbocycles. The third-order valence-electron chi connectivity index (χ3n) is 3.23. The van der Waals surface area contributed by atoms with Crippen molar-refractivity contribution in [2.45, 2.75) is 45.4 Å². The van der Waals surface area contributed by atoms with Crippen LogP contribution in [0.2, 0.25) is 0 Å². The zero-order valence-electron chi connectivity index (χ0n) is 13.6. The minimum Gasteiger partial charge on any atom is -0.466 e. The van der Waals surface area contributed by atoms with E-state index in [9.17, 15) is 14.4 Å². The summed E-state index contributed by atoms with van der Waals surface area (Å²) >= 11 is 0. The van der Waals surface area contributed by atoms with Crippen LogP contribution in [0.25, 0.3) is 0 Å². The lowest BCUT2D eigenvalue weighted by molar-refractivity contribution is -0.143. The van der Waals surface area contributed by atoms with Gasteiger partial charge in [-0.1, -0.05) is 18.2 Å². The van der Waals surface area contributed by atoms with Crippen molar-refractivity contribution in [3.05, 3.63) is 35.9 Å². The smallest absolute Gasteiger partial charge is 0.338 e. The fraction of sp³-hybridized carbons (Fsp3) is 0.500. The normalized spacial score (nSPS) is 10.1. The summed E-state index contributed by atoms with van der Waals surface area (Å²) in [6.45, 7) is 2.44. The molecular formula is C18H24O5. The Kier molecular flexibility index (Phi) is 9.36. The lowest BCUT2D eigenvalue weighted by atomic mass is 10.1. The van der Waals surface area contributed by atoms with E-state index in [1.165, 1.54) is 0 Å². The molecule has 0 fully saturated rings. The molecule has 126 valence electrons. The van der Waals surface area contributed by atoms with E-state index in [1.807, 2.05) is 6.07 Å². The van der Waals surface area contributed by atoms with Crippen molar-refractivity contribution in [2.75, 3.05) is 13.2 Å². The molecule has 0 atom stereocenters. The molecule has 0 saturated carbocycles. The molecule has 23 heavy (non-hydrogen) atoms. The molecular weight excluding hydrogens is 296 g/mol. The summed E-state index contributed by atoms with van der Waals surface area (Å²) in [6.07, 6.45) is 2.99. The van der Waals surface area contributed by atoms with Gasteiger partial charge in [-0.15, -0.1) is 0 Å². The molecule has 5 heteroatoms. The molecule has 0 bridgehead atoms. The highest BCUT2D eigenvalue weighted by Gasteiger charge is 2.07. The van der Waals surface area contributed by atoms with Gasteiger partial charge in [-0.05, 0) is 38.3 Å². The number of carbonyl (C=O) groups excluding carboxylic acids is 3. The second kappa shape index (κ2) is 11.4. The van der Waals surface area contributed by atoms with Gasteiger partial charge in [-0.3, -0.25) is 9.59 Å². The third kappa shape index (κ3) is 8.76. The summed E-state index contributed by atoms with van der Waals surface area (Å²) in [5.74, 6) is -0.469. The summed E-state index contributed by atoms with van der Waals surface area (Å²) < 4.78 is 9.93. The maximum atomic E-state index is 11.7. The van der Waals surface area contributed by atoms with Crippen LogP contribution < -0.4 is 0 Å². The fourth-order valence-corrected chi connectivity index (χ4v) is 2.03. The number of Topliss-reactive ketones (excluding diaryl/α,β-unsaturated/α-hetero) is 1. The summed E-state index contributed by atoms with van der Waals surface area (Å²) in [5, 5.41) is 0. The van der Waals surface area contributed by atoms with Crippen molar-refractivity contribution in [2.24, 2.45) is 0 Å². The Balaban J connectivity index is 2.03. The number of unbranched alkanes of at least 4 members (excludes halogenated alkanes) is 1. The van der Waals surface area contributed by atoms with Gasteiger partial charge in [0, 0.05) is 19.3 Å². The van der Waals surface area contributed by atoms with Crippen LogP contribution in [-0.4, -0.2) is 30.9 Å².